The maximum atomic E-state index is 14.0. The van der Waals surface area contributed by atoms with Crippen LogP contribution in [-0.2, 0) is 36.0 Å². The third kappa shape index (κ3) is 4.09. The Bertz CT molecular complexity index is 1910. The van der Waals surface area contributed by atoms with E-state index in [1.807, 2.05) is 19.9 Å². The molecule has 0 spiro atoms. The number of aryl methyl sites for hydroxylation is 2. The second-order valence-corrected chi connectivity index (χ2v) is 14.0. The summed E-state index contributed by atoms with van der Waals surface area (Å²) in [5.74, 6) is -1.35. The maximum Gasteiger partial charge on any atom is 0.313 e. The molecule has 0 N–H and O–H groups in total. The molecule has 6 rings (SSSR count). The Labute approximate surface area is 233 Å². The van der Waals surface area contributed by atoms with Crippen LogP contribution in [0.1, 0.15) is 22.3 Å². The van der Waals surface area contributed by atoms with E-state index in [4.69, 9.17) is 4.74 Å². The molecule has 8 nitrogen and oxygen atoms in total. The molecule has 0 amide bonds. The molecular formula is C30H28N2O6S2. The maximum absolute atomic E-state index is 14.0. The van der Waals surface area contributed by atoms with Crippen LogP contribution in [-0.4, -0.2) is 50.8 Å². The molecule has 10 heteroatoms. The molecule has 0 saturated carbocycles. The highest BCUT2D eigenvalue weighted by Gasteiger charge is 2.44. The standard InChI is InChI=1S/C30H28N2O6S2/c1-19-7-11-23(12-8-19)39(34,35)31-17-21-16-28-26(25-5-4-6-27(31)29(21)25)15-22(30(33)38-3)18-32(28)40(36,37)24-13-9-20(2)10-14-24/h4-15,17,22,28H,16,18H2,1-3H3/t22-,28+/m0/s1. The normalized spacial score (nSPS) is 19.2. The van der Waals surface area contributed by atoms with Crippen LogP contribution < -0.4 is 0 Å². The van der Waals surface area contributed by atoms with E-state index in [-0.39, 0.29) is 22.8 Å². The largest absolute Gasteiger partial charge is 0.469 e. The highest BCUT2D eigenvalue weighted by atomic mass is 32.2. The van der Waals surface area contributed by atoms with E-state index in [2.05, 4.69) is 0 Å². The molecule has 0 saturated heterocycles. The Morgan fingerprint density at radius 1 is 0.850 bits per heavy atom. The zero-order valence-corrected chi connectivity index (χ0v) is 23.9. The lowest BCUT2D eigenvalue weighted by Crippen LogP contribution is -2.49. The number of sulfonamides is 1. The summed E-state index contributed by atoms with van der Waals surface area (Å²) in [6.07, 6.45) is 3.64. The summed E-state index contributed by atoms with van der Waals surface area (Å²) in [6, 6.07) is 18.0. The van der Waals surface area contributed by atoms with Gasteiger partial charge in [-0.05, 0) is 67.3 Å². The Morgan fingerprint density at radius 2 is 1.45 bits per heavy atom. The average molecular weight is 577 g/mol. The fourth-order valence-corrected chi connectivity index (χ4v) is 8.72. The van der Waals surface area contributed by atoms with Gasteiger partial charge in [0.25, 0.3) is 10.0 Å². The lowest BCUT2D eigenvalue weighted by Gasteiger charge is -2.40. The van der Waals surface area contributed by atoms with Gasteiger partial charge in [-0.2, -0.15) is 4.31 Å². The summed E-state index contributed by atoms with van der Waals surface area (Å²) < 4.78 is 63.1. The lowest BCUT2D eigenvalue weighted by molar-refractivity contribution is -0.144. The number of aromatic nitrogens is 1. The number of carbonyl (C=O) groups excluding carboxylic acids is 1. The van der Waals surface area contributed by atoms with Gasteiger partial charge in [0.1, 0.15) is 0 Å². The number of nitrogens with zero attached hydrogens (tertiary/aromatic N) is 2. The Morgan fingerprint density at radius 3 is 2.05 bits per heavy atom. The van der Waals surface area contributed by atoms with Crippen molar-refractivity contribution in [2.75, 3.05) is 13.7 Å². The van der Waals surface area contributed by atoms with E-state index in [9.17, 15) is 21.6 Å². The van der Waals surface area contributed by atoms with Gasteiger partial charge in [0.15, 0.2) is 0 Å². The molecule has 2 aliphatic rings. The third-order valence-corrected chi connectivity index (χ3v) is 11.3. The topological polar surface area (TPSA) is 103 Å². The van der Waals surface area contributed by atoms with Gasteiger partial charge in [-0.1, -0.05) is 53.6 Å². The van der Waals surface area contributed by atoms with E-state index < -0.39 is 38.0 Å². The average Bonchev–Trinajstić information content (AvgIpc) is 3.33. The van der Waals surface area contributed by atoms with Crippen LogP contribution in [0.25, 0.3) is 16.5 Å². The third-order valence-electron chi connectivity index (χ3n) is 7.77. The van der Waals surface area contributed by atoms with Gasteiger partial charge in [-0.25, -0.2) is 20.8 Å². The Kier molecular flexibility index (Phi) is 6.25. The minimum atomic E-state index is -4.00. The first-order valence-corrected chi connectivity index (χ1v) is 15.7. The van der Waals surface area contributed by atoms with Crippen molar-refractivity contribution in [2.24, 2.45) is 5.92 Å². The number of benzene rings is 3. The van der Waals surface area contributed by atoms with Crippen molar-refractivity contribution >= 4 is 42.5 Å². The van der Waals surface area contributed by atoms with Crippen LogP contribution in [0.3, 0.4) is 0 Å². The van der Waals surface area contributed by atoms with Crippen LogP contribution in [0.4, 0.5) is 0 Å². The van der Waals surface area contributed by atoms with Gasteiger partial charge in [-0.15, -0.1) is 0 Å². The Balaban J connectivity index is 1.53. The molecule has 0 radical (unpaired) electrons. The van der Waals surface area contributed by atoms with Gasteiger partial charge < -0.3 is 4.74 Å². The van der Waals surface area contributed by atoms with Crippen LogP contribution in [0.2, 0.25) is 0 Å². The van der Waals surface area contributed by atoms with Crippen molar-refractivity contribution < 1.29 is 26.4 Å². The molecule has 2 atom stereocenters. The highest BCUT2D eigenvalue weighted by Crippen LogP contribution is 2.44. The number of carbonyl (C=O) groups is 1. The minimum Gasteiger partial charge on any atom is -0.469 e. The number of hydrogen-bond acceptors (Lipinski definition) is 6. The summed E-state index contributed by atoms with van der Waals surface area (Å²) in [4.78, 5) is 13.0. The number of hydrogen-bond donors (Lipinski definition) is 0. The number of fused-ring (bicyclic) bond motifs is 2. The summed E-state index contributed by atoms with van der Waals surface area (Å²) in [5, 5.41) is 0.735. The molecule has 0 bridgehead atoms. The highest BCUT2D eigenvalue weighted by molar-refractivity contribution is 7.90. The molecule has 2 heterocycles. The first-order valence-electron chi connectivity index (χ1n) is 12.9. The van der Waals surface area contributed by atoms with Gasteiger partial charge in [0.05, 0.1) is 34.4 Å². The molecule has 0 unspecified atom stereocenters. The van der Waals surface area contributed by atoms with Crippen molar-refractivity contribution in [3.63, 3.8) is 0 Å². The van der Waals surface area contributed by atoms with Gasteiger partial charge in [0.2, 0.25) is 10.0 Å². The predicted molar refractivity (Wildman–Crippen MR) is 152 cm³/mol. The van der Waals surface area contributed by atoms with Gasteiger partial charge in [0, 0.05) is 18.1 Å². The fourth-order valence-electron chi connectivity index (χ4n) is 5.71. The molecule has 0 fully saturated rings. The molecule has 1 aliphatic carbocycles. The number of rotatable bonds is 5. The van der Waals surface area contributed by atoms with Gasteiger partial charge >= 0.3 is 5.97 Å². The summed E-state index contributed by atoms with van der Waals surface area (Å²) in [5.41, 5.74) is 4.48. The number of esters is 1. The van der Waals surface area contributed by atoms with Crippen molar-refractivity contribution in [1.29, 1.82) is 0 Å². The van der Waals surface area contributed by atoms with Crippen molar-refractivity contribution in [2.45, 2.75) is 36.1 Å². The molecule has 1 aromatic heterocycles. The van der Waals surface area contributed by atoms with Crippen molar-refractivity contribution in [3.8, 4) is 0 Å². The molecule has 40 heavy (non-hydrogen) atoms. The predicted octanol–water partition coefficient (Wildman–Crippen LogP) is 4.30. The lowest BCUT2D eigenvalue weighted by atomic mass is 9.81. The van der Waals surface area contributed by atoms with Crippen molar-refractivity contribution in [3.05, 3.63) is 101 Å². The van der Waals surface area contributed by atoms with E-state index >= 15 is 0 Å². The zero-order valence-electron chi connectivity index (χ0n) is 22.2. The molecule has 4 aromatic rings. The monoisotopic (exact) mass is 576 g/mol. The zero-order chi connectivity index (χ0) is 28.4. The first kappa shape index (κ1) is 26.5. The van der Waals surface area contributed by atoms with E-state index in [1.165, 1.54) is 15.4 Å². The fraction of sp³-hybridized carbons (Fsp3) is 0.233. The first-order chi connectivity index (χ1) is 19.0. The van der Waals surface area contributed by atoms with E-state index in [1.54, 1.807) is 72.9 Å². The number of methoxy groups -OCH3 is 1. The molecule has 3 aromatic carbocycles. The van der Waals surface area contributed by atoms with E-state index in [0.29, 0.717) is 16.7 Å². The summed E-state index contributed by atoms with van der Waals surface area (Å²) in [7, 11) is -6.64. The van der Waals surface area contributed by atoms with Crippen molar-refractivity contribution in [1.82, 2.24) is 8.28 Å². The summed E-state index contributed by atoms with van der Waals surface area (Å²) in [6.45, 7) is 3.69. The molecule has 206 valence electrons. The van der Waals surface area contributed by atoms with Crippen LogP contribution >= 0.6 is 0 Å². The second-order valence-electron chi connectivity index (χ2n) is 10.3. The minimum absolute atomic E-state index is 0.0786. The SMILES string of the molecule is COC(=O)[C@H]1C=C2c3cccc4c3c(cn4S(=O)(=O)c3ccc(C)cc3)C[C@H]2N(S(=O)(=O)c2ccc(C)cc2)C1. The quantitative estimate of drug-likeness (QED) is 0.329. The van der Waals surface area contributed by atoms with Crippen LogP contribution in [0.15, 0.2) is 88.8 Å². The van der Waals surface area contributed by atoms with E-state index in [0.717, 1.165) is 22.1 Å². The second kappa shape index (κ2) is 9.43. The number of ether oxygens (including phenoxy) is 1. The van der Waals surface area contributed by atoms with Crippen LogP contribution in [0.5, 0.6) is 0 Å². The Hall–Kier alpha value is -3.73. The summed E-state index contributed by atoms with van der Waals surface area (Å²) >= 11 is 0. The molecule has 1 aliphatic heterocycles. The van der Waals surface area contributed by atoms with Crippen LogP contribution in [0, 0.1) is 19.8 Å². The molecular weight excluding hydrogens is 548 g/mol. The van der Waals surface area contributed by atoms with Gasteiger partial charge in [-0.3, -0.25) is 4.79 Å². The smallest absolute Gasteiger partial charge is 0.313 e.